The molecule has 8 heteroatoms. The molecule has 0 fully saturated rings. The molecule has 0 spiro atoms. The van der Waals surface area contributed by atoms with E-state index >= 15 is 0 Å². The maximum Gasteiger partial charge on any atom is 0.331 e. The number of hydrogen-bond donors (Lipinski definition) is 2. The second-order valence-electron chi connectivity index (χ2n) is 6.11. The van der Waals surface area contributed by atoms with Crippen molar-refractivity contribution in [1.29, 1.82) is 0 Å². The average molecular weight is 378 g/mol. The van der Waals surface area contributed by atoms with E-state index in [1.807, 2.05) is 26.1 Å². The topological polar surface area (TPSA) is 117 Å². The molecule has 0 aromatic heterocycles. The maximum atomic E-state index is 11.8. The van der Waals surface area contributed by atoms with Crippen molar-refractivity contribution in [3.05, 3.63) is 29.8 Å². The molecular formula is C19H26N2O6. The fraction of sp³-hybridized carbons (Fsp3) is 0.421. The fourth-order valence-electron chi connectivity index (χ4n) is 1.93. The molecule has 0 aliphatic carbocycles. The van der Waals surface area contributed by atoms with Gasteiger partial charge in [0.05, 0.1) is 13.2 Å². The van der Waals surface area contributed by atoms with Crippen LogP contribution in [-0.4, -0.2) is 37.2 Å². The van der Waals surface area contributed by atoms with Crippen LogP contribution in [0.5, 0.6) is 11.5 Å². The van der Waals surface area contributed by atoms with Crippen LogP contribution in [0.4, 0.5) is 4.79 Å². The summed E-state index contributed by atoms with van der Waals surface area (Å²) >= 11 is 0. The molecular weight excluding hydrogens is 352 g/mol. The van der Waals surface area contributed by atoms with Gasteiger partial charge in [-0.2, -0.15) is 0 Å². The van der Waals surface area contributed by atoms with Crippen LogP contribution >= 0.6 is 0 Å². The van der Waals surface area contributed by atoms with Crippen LogP contribution < -0.4 is 20.5 Å². The number of urea groups is 1. The second kappa shape index (κ2) is 10.8. The van der Waals surface area contributed by atoms with E-state index in [9.17, 15) is 14.4 Å². The first-order valence-electron chi connectivity index (χ1n) is 8.61. The molecule has 3 amide bonds. The summed E-state index contributed by atoms with van der Waals surface area (Å²) in [7, 11) is 0. The zero-order valence-electron chi connectivity index (χ0n) is 16.0. The predicted octanol–water partition coefficient (Wildman–Crippen LogP) is 2.26. The molecule has 0 aliphatic rings. The second-order valence-corrected chi connectivity index (χ2v) is 6.11. The van der Waals surface area contributed by atoms with Crippen molar-refractivity contribution in [2.24, 2.45) is 11.7 Å². The van der Waals surface area contributed by atoms with Gasteiger partial charge in [-0.25, -0.2) is 9.59 Å². The lowest BCUT2D eigenvalue weighted by Crippen LogP contribution is -2.42. The van der Waals surface area contributed by atoms with Gasteiger partial charge in [-0.15, -0.1) is 0 Å². The first kappa shape index (κ1) is 22.0. The van der Waals surface area contributed by atoms with Gasteiger partial charge in [0, 0.05) is 6.08 Å². The SMILES string of the molecule is CCOc1cc(/C=C/C(=O)O[C@H](C)C(=O)NC(N)=O)ccc1OCC(C)C. The lowest BCUT2D eigenvalue weighted by Gasteiger charge is -2.14. The number of carbonyl (C=O) groups is 3. The van der Waals surface area contributed by atoms with Crippen LogP contribution in [0.25, 0.3) is 6.08 Å². The minimum atomic E-state index is -1.15. The summed E-state index contributed by atoms with van der Waals surface area (Å²) in [4.78, 5) is 33.9. The molecule has 3 N–H and O–H groups in total. The van der Waals surface area contributed by atoms with E-state index < -0.39 is 24.0 Å². The minimum absolute atomic E-state index is 0.377. The monoisotopic (exact) mass is 378 g/mol. The van der Waals surface area contributed by atoms with Crippen LogP contribution in [0.2, 0.25) is 0 Å². The number of benzene rings is 1. The molecule has 1 rings (SSSR count). The van der Waals surface area contributed by atoms with Gasteiger partial charge in [0.1, 0.15) is 0 Å². The quantitative estimate of drug-likeness (QED) is 0.503. The molecule has 1 atom stereocenters. The first-order valence-corrected chi connectivity index (χ1v) is 8.61. The average Bonchev–Trinajstić information content (AvgIpc) is 2.58. The van der Waals surface area contributed by atoms with Gasteiger partial charge < -0.3 is 19.9 Å². The van der Waals surface area contributed by atoms with Crippen molar-refractivity contribution in [3.8, 4) is 11.5 Å². The van der Waals surface area contributed by atoms with Gasteiger partial charge in [0.2, 0.25) is 0 Å². The van der Waals surface area contributed by atoms with Gasteiger partial charge in [-0.1, -0.05) is 19.9 Å². The van der Waals surface area contributed by atoms with Crippen LogP contribution in [0, 0.1) is 5.92 Å². The van der Waals surface area contributed by atoms with Crippen LogP contribution in [-0.2, 0) is 14.3 Å². The van der Waals surface area contributed by atoms with Crippen molar-refractivity contribution in [1.82, 2.24) is 5.32 Å². The van der Waals surface area contributed by atoms with Gasteiger partial charge in [0.25, 0.3) is 5.91 Å². The van der Waals surface area contributed by atoms with E-state index in [-0.39, 0.29) is 0 Å². The number of esters is 1. The lowest BCUT2D eigenvalue weighted by molar-refractivity contribution is -0.149. The van der Waals surface area contributed by atoms with Crippen LogP contribution in [0.3, 0.4) is 0 Å². The molecule has 0 unspecified atom stereocenters. The summed E-state index contributed by atoms with van der Waals surface area (Å²) in [5.41, 5.74) is 5.53. The van der Waals surface area contributed by atoms with E-state index in [2.05, 4.69) is 0 Å². The summed E-state index contributed by atoms with van der Waals surface area (Å²) in [5, 5.41) is 1.84. The van der Waals surface area contributed by atoms with E-state index in [0.29, 0.717) is 36.2 Å². The smallest absolute Gasteiger partial charge is 0.331 e. The molecule has 27 heavy (non-hydrogen) atoms. The number of amides is 3. The number of nitrogens with one attached hydrogen (secondary N) is 1. The van der Waals surface area contributed by atoms with Gasteiger partial charge in [-0.3, -0.25) is 10.1 Å². The summed E-state index contributed by atoms with van der Waals surface area (Å²) in [6, 6.07) is 4.26. The Hall–Kier alpha value is -3.03. The number of hydrogen-bond acceptors (Lipinski definition) is 6. The zero-order valence-corrected chi connectivity index (χ0v) is 16.0. The molecule has 8 nitrogen and oxygen atoms in total. The molecule has 1 aromatic rings. The molecule has 0 heterocycles. The third-order valence-corrected chi connectivity index (χ3v) is 3.16. The molecule has 1 aromatic carbocycles. The highest BCUT2D eigenvalue weighted by atomic mass is 16.5. The molecule has 148 valence electrons. The number of rotatable bonds is 9. The molecule has 0 radical (unpaired) electrons. The Morgan fingerprint density at radius 1 is 1.15 bits per heavy atom. The molecule has 0 saturated carbocycles. The Bertz CT molecular complexity index is 699. The summed E-state index contributed by atoms with van der Waals surface area (Å²) in [6.07, 6.45) is 1.55. The van der Waals surface area contributed by atoms with Gasteiger partial charge in [-0.05, 0) is 43.5 Å². The zero-order chi connectivity index (χ0) is 20.4. The Balaban J connectivity index is 2.76. The third-order valence-electron chi connectivity index (χ3n) is 3.16. The van der Waals surface area contributed by atoms with Crippen molar-refractivity contribution < 1.29 is 28.6 Å². The largest absolute Gasteiger partial charge is 0.490 e. The van der Waals surface area contributed by atoms with E-state index in [4.69, 9.17) is 19.9 Å². The lowest BCUT2D eigenvalue weighted by atomic mass is 10.2. The van der Waals surface area contributed by atoms with Crippen molar-refractivity contribution in [2.45, 2.75) is 33.8 Å². The number of carbonyl (C=O) groups excluding carboxylic acids is 3. The Morgan fingerprint density at radius 2 is 1.85 bits per heavy atom. The third kappa shape index (κ3) is 8.26. The van der Waals surface area contributed by atoms with Crippen LogP contribution in [0.15, 0.2) is 24.3 Å². The van der Waals surface area contributed by atoms with E-state index in [1.165, 1.54) is 19.1 Å². The van der Waals surface area contributed by atoms with E-state index in [1.54, 1.807) is 18.2 Å². The highest BCUT2D eigenvalue weighted by Crippen LogP contribution is 2.29. The van der Waals surface area contributed by atoms with Crippen molar-refractivity contribution in [2.75, 3.05) is 13.2 Å². The van der Waals surface area contributed by atoms with Gasteiger partial charge in [0.15, 0.2) is 17.6 Å². The Kier molecular flexibility index (Phi) is 8.84. The summed E-state index contributed by atoms with van der Waals surface area (Å²) < 4.78 is 16.2. The minimum Gasteiger partial charge on any atom is -0.490 e. The van der Waals surface area contributed by atoms with E-state index in [0.717, 1.165) is 0 Å². The highest BCUT2D eigenvalue weighted by Gasteiger charge is 2.17. The number of imide groups is 1. The number of ether oxygens (including phenoxy) is 3. The van der Waals surface area contributed by atoms with Gasteiger partial charge >= 0.3 is 12.0 Å². The predicted molar refractivity (Wildman–Crippen MR) is 100 cm³/mol. The number of primary amides is 1. The van der Waals surface area contributed by atoms with Crippen molar-refractivity contribution in [3.63, 3.8) is 0 Å². The normalized spacial score (nSPS) is 11.9. The standard InChI is InChI=1S/C19H26N2O6/c1-5-25-16-10-14(6-8-15(16)26-11-12(2)3)7-9-17(22)27-13(4)18(23)21-19(20)24/h6-10,12-13H,5,11H2,1-4H3,(H3,20,21,23,24)/b9-7+/t13-/m1/s1. The summed E-state index contributed by atoms with van der Waals surface area (Å²) in [6.45, 7) is 8.33. The first-order chi connectivity index (χ1) is 12.7. The highest BCUT2D eigenvalue weighted by molar-refractivity contribution is 5.97. The molecule has 0 bridgehead atoms. The molecule has 0 saturated heterocycles. The molecule has 0 aliphatic heterocycles. The van der Waals surface area contributed by atoms with Crippen molar-refractivity contribution >= 4 is 24.0 Å². The Labute approximate surface area is 158 Å². The fourth-order valence-corrected chi connectivity index (χ4v) is 1.93. The maximum absolute atomic E-state index is 11.8. The summed E-state index contributed by atoms with van der Waals surface area (Å²) in [5.74, 6) is 0.0437. The van der Waals surface area contributed by atoms with Crippen LogP contribution in [0.1, 0.15) is 33.3 Å². The number of nitrogens with two attached hydrogens (primary N) is 1. The Morgan fingerprint density at radius 3 is 2.44 bits per heavy atom.